The summed E-state index contributed by atoms with van der Waals surface area (Å²) < 4.78 is 10.7. The second-order valence-electron chi connectivity index (χ2n) is 6.43. The number of aryl methyl sites for hydroxylation is 1. The molecule has 6 nitrogen and oxygen atoms in total. The summed E-state index contributed by atoms with van der Waals surface area (Å²) in [5.41, 5.74) is 4.23. The van der Waals surface area contributed by atoms with E-state index in [-0.39, 0.29) is 12.2 Å². The van der Waals surface area contributed by atoms with Crippen LogP contribution in [0.3, 0.4) is 0 Å². The molecule has 0 aliphatic heterocycles. The van der Waals surface area contributed by atoms with Crippen LogP contribution in [-0.4, -0.2) is 24.7 Å². The zero-order chi connectivity index (χ0) is 22.2. The van der Waals surface area contributed by atoms with E-state index in [9.17, 15) is 9.59 Å². The van der Waals surface area contributed by atoms with Crippen LogP contribution < -0.4 is 14.9 Å². The highest BCUT2D eigenvalue weighted by Gasteiger charge is 2.12. The SMILES string of the molecule is Cc1cc(OCC(=O)NN=Cc2ccc(OC(=O)c3ccccc3Cl)cc2)ccc1Cl. The predicted molar refractivity (Wildman–Crippen MR) is 120 cm³/mol. The summed E-state index contributed by atoms with van der Waals surface area (Å²) in [4.78, 5) is 24.0. The van der Waals surface area contributed by atoms with E-state index < -0.39 is 11.9 Å². The second kappa shape index (κ2) is 10.6. The van der Waals surface area contributed by atoms with Gasteiger partial charge in [-0.25, -0.2) is 10.2 Å². The van der Waals surface area contributed by atoms with Crippen molar-refractivity contribution in [2.24, 2.45) is 5.10 Å². The normalized spacial score (nSPS) is 10.7. The maximum Gasteiger partial charge on any atom is 0.345 e. The number of ether oxygens (including phenoxy) is 2. The fraction of sp³-hybridized carbons (Fsp3) is 0.0870. The minimum atomic E-state index is -0.546. The molecule has 0 aromatic heterocycles. The lowest BCUT2D eigenvalue weighted by Crippen LogP contribution is -2.24. The number of amides is 1. The van der Waals surface area contributed by atoms with Gasteiger partial charge in [-0.05, 0) is 72.6 Å². The molecule has 0 bridgehead atoms. The van der Waals surface area contributed by atoms with Crippen molar-refractivity contribution in [1.29, 1.82) is 0 Å². The fourth-order valence-corrected chi connectivity index (χ4v) is 2.81. The molecule has 0 radical (unpaired) electrons. The summed E-state index contributed by atoms with van der Waals surface area (Å²) in [5.74, 6) is -0.0509. The highest BCUT2D eigenvalue weighted by molar-refractivity contribution is 6.33. The smallest absolute Gasteiger partial charge is 0.345 e. The van der Waals surface area contributed by atoms with E-state index in [1.807, 2.05) is 6.92 Å². The molecule has 0 aliphatic carbocycles. The molecule has 8 heteroatoms. The average Bonchev–Trinajstić information content (AvgIpc) is 2.76. The van der Waals surface area contributed by atoms with Crippen molar-refractivity contribution in [2.75, 3.05) is 6.61 Å². The Labute approximate surface area is 189 Å². The van der Waals surface area contributed by atoms with Crippen molar-refractivity contribution in [2.45, 2.75) is 6.92 Å². The summed E-state index contributed by atoms with van der Waals surface area (Å²) in [5, 5.41) is 4.84. The van der Waals surface area contributed by atoms with Crippen LogP contribution in [0, 0.1) is 6.92 Å². The number of carbonyl (C=O) groups excluding carboxylic acids is 2. The van der Waals surface area contributed by atoms with Crippen molar-refractivity contribution in [3.8, 4) is 11.5 Å². The number of halogens is 2. The van der Waals surface area contributed by atoms with Gasteiger partial charge in [-0.3, -0.25) is 4.79 Å². The van der Waals surface area contributed by atoms with E-state index in [1.54, 1.807) is 66.7 Å². The van der Waals surface area contributed by atoms with Crippen LogP contribution in [0.4, 0.5) is 0 Å². The predicted octanol–water partition coefficient (Wildman–Crippen LogP) is 5.05. The van der Waals surface area contributed by atoms with E-state index in [0.717, 1.165) is 5.56 Å². The molecule has 0 fully saturated rings. The highest BCUT2D eigenvalue weighted by atomic mass is 35.5. The van der Waals surface area contributed by atoms with Gasteiger partial charge in [0, 0.05) is 5.02 Å². The van der Waals surface area contributed by atoms with Gasteiger partial charge >= 0.3 is 5.97 Å². The van der Waals surface area contributed by atoms with Crippen LogP contribution in [0.1, 0.15) is 21.5 Å². The highest BCUT2D eigenvalue weighted by Crippen LogP contribution is 2.21. The molecule has 0 saturated heterocycles. The molecular formula is C23H18Cl2N2O4. The molecule has 3 aromatic carbocycles. The molecule has 3 rings (SSSR count). The zero-order valence-electron chi connectivity index (χ0n) is 16.5. The summed E-state index contributed by atoms with van der Waals surface area (Å²) >= 11 is 12.0. The molecule has 0 unspecified atom stereocenters. The molecule has 1 N–H and O–H groups in total. The number of hydrazone groups is 1. The van der Waals surface area contributed by atoms with Crippen molar-refractivity contribution >= 4 is 41.3 Å². The monoisotopic (exact) mass is 456 g/mol. The van der Waals surface area contributed by atoms with E-state index >= 15 is 0 Å². The number of nitrogens with one attached hydrogen (secondary N) is 1. The van der Waals surface area contributed by atoms with Crippen molar-refractivity contribution < 1.29 is 19.1 Å². The topological polar surface area (TPSA) is 77.0 Å². The van der Waals surface area contributed by atoms with E-state index in [2.05, 4.69) is 10.5 Å². The van der Waals surface area contributed by atoms with Crippen LogP contribution in [0.15, 0.2) is 71.8 Å². The Morgan fingerprint density at radius 2 is 1.68 bits per heavy atom. The van der Waals surface area contributed by atoms with Gasteiger partial charge in [0.25, 0.3) is 5.91 Å². The van der Waals surface area contributed by atoms with Crippen LogP contribution in [0.2, 0.25) is 10.0 Å². The molecule has 0 saturated carbocycles. The van der Waals surface area contributed by atoms with Gasteiger partial charge in [-0.1, -0.05) is 35.3 Å². The van der Waals surface area contributed by atoms with Crippen LogP contribution >= 0.6 is 23.2 Å². The Morgan fingerprint density at radius 3 is 2.39 bits per heavy atom. The minimum absolute atomic E-state index is 0.185. The Kier molecular flexibility index (Phi) is 7.65. The largest absolute Gasteiger partial charge is 0.484 e. The molecule has 0 atom stereocenters. The second-order valence-corrected chi connectivity index (χ2v) is 7.25. The maximum atomic E-state index is 12.2. The van der Waals surface area contributed by atoms with Gasteiger partial charge < -0.3 is 9.47 Å². The molecule has 0 heterocycles. The molecule has 31 heavy (non-hydrogen) atoms. The zero-order valence-corrected chi connectivity index (χ0v) is 18.0. The number of rotatable bonds is 7. The third kappa shape index (κ3) is 6.57. The average molecular weight is 457 g/mol. The third-order valence-corrected chi connectivity index (χ3v) is 4.84. The van der Waals surface area contributed by atoms with Gasteiger partial charge in [-0.15, -0.1) is 0 Å². The van der Waals surface area contributed by atoms with E-state index in [1.165, 1.54) is 6.21 Å². The molecular weight excluding hydrogens is 439 g/mol. The van der Waals surface area contributed by atoms with Gasteiger partial charge in [-0.2, -0.15) is 5.10 Å². The Morgan fingerprint density at radius 1 is 0.968 bits per heavy atom. The first-order valence-corrected chi connectivity index (χ1v) is 9.95. The number of hydrogen-bond donors (Lipinski definition) is 1. The van der Waals surface area contributed by atoms with Crippen LogP contribution in [0.25, 0.3) is 0 Å². The molecule has 158 valence electrons. The van der Waals surface area contributed by atoms with E-state index in [4.69, 9.17) is 32.7 Å². The number of benzene rings is 3. The lowest BCUT2D eigenvalue weighted by atomic mass is 10.2. The Balaban J connectivity index is 1.47. The van der Waals surface area contributed by atoms with Crippen LogP contribution in [-0.2, 0) is 4.79 Å². The van der Waals surface area contributed by atoms with E-state index in [0.29, 0.717) is 27.1 Å². The fourth-order valence-electron chi connectivity index (χ4n) is 2.48. The summed E-state index contributed by atoms with van der Waals surface area (Å²) in [6, 6.07) is 18.4. The Bertz CT molecular complexity index is 1110. The summed E-state index contributed by atoms with van der Waals surface area (Å²) in [6.07, 6.45) is 1.46. The van der Waals surface area contributed by atoms with Crippen molar-refractivity contribution in [3.63, 3.8) is 0 Å². The Hall–Kier alpha value is -3.35. The number of nitrogens with zero attached hydrogens (tertiary/aromatic N) is 1. The van der Waals surface area contributed by atoms with Crippen molar-refractivity contribution in [3.05, 3.63) is 93.5 Å². The molecule has 3 aromatic rings. The third-order valence-electron chi connectivity index (χ3n) is 4.09. The van der Waals surface area contributed by atoms with Gasteiger partial charge in [0.15, 0.2) is 6.61 Å². The first-order valence-electron chi connectivity index (χ1n) is 9.20. The minimum Gasteiger partial charge on any atom is -0.484 e. The molecule has 0 aliphatic rings. The van der Waals surface area contributed by atoms with Gasteiger partial charge in [0.2, 0.25) is 0 Å². The first kappa shape index (κ1) is 22.3. The number of carbonyl (C=O) groups is 2. The first-order chi connectivity index (χ1) is 14.9. The number of hydrogen-bond acceptors (Lipinski definition) is 5. The number of esters is 1. The standard InChI is InChI=1S/C23H18Cl2N2O4/c1-15-12-18(10-11-20(15)24)30-14-22(28)27-26-13-16-6-8-17(9-7-16)31-23(29)19-4-2-3-5-21(19)25/h2-13H,14H2,1H3,(H,27,28). The maximum absolute atomic E-state index is 12.2. The van der Waals surface area contributed by atoms with Crippen molar-refractivity contribution in [1.82, 2.24) is 5.43 Å². The summed E-state index contributed by atoms with van der Waals surface area (Å²) in [7, 11) is 0. The van der Waals surface area contributed by atoms with Crippen LogP contribution in [0.5, 0.6) is 11.5 Å². The van der Waals surface area contributed by atoms with Gasteiger partial charge in [0.05, 0.1) is 16.8 Å². The quantitative estimate of drug-likeness (QED) is 0.233. The molecule has 0 spiro atoms. The summed E-state index contributed by atoms with van der Waals surface area (Å²) in [6.45, 7) is 1.66. The molecule has 1 amide bonds. The van der Waals surface area contributed by atoms with Gasteiger partial charge in [0.1, 0.15) is 11.5 Å². The lowest BCUT2D eigenvalue weighted by Gasteiger charge is -2.07. The lowest BCUT2D eigenvalue weighted by molar-refractivity contribution is -0.123.